The second kappa shape index (κ2) is 18.2. The lowest BCUT2D eigenvalue weighted by molar-refractivity contribution is 0.148. The first-order valence-corrected chi connectivity index (χ1v) is 18.0. The van der Waals surface area contributed by atoms with E-state index in [0.717, 1.165) is 53.3 Å². The molecule has 222 valence electrons. The SMILES string of the molecule is C=CCCC1CCC(C2CCC(C)CC2)CC1.CC1CCC(C2CCC(C)CC2)CC1.CC1CCCCC1. The van der Waals surface area contributed by atoms with E-state index >= 15 is 0 Å². The molecule has 0 aromatic carbocycles. The summed E-state index contributed by atoms with van der Waals surface area (Å²) in [6.07, 6.45) is 36.5. The van der Waals surface area contributed by atoms with Gasteiger partial charge in [0.1, 0.15) is 0 Å². The molecule has 0 bridgehead atoms. The number of hydrogen-bond donors (Lipinski definition) is 0. The lowest BCUT2D eigenvalue weighted by atomic mass is 9.69. The Morgan fingerprint density at radius 2 is 0.737 bits per heavy atom. The highest BCUT2D eigenvalue weighted by Crippen LogP contribution is 2.42. The predicted octanol–water partition coefficient (Wildman–Crippen LogP) is 12.8. The molecule has 0 unspecified atom stereocenters. The van der Waals surface area contributed by atoms with Crippen LogP contribution in [0, 0.1) is 53.3 Å². The fraction of sp³-hybridized carbons (Fsp3) is 0.947. The van der Waals surface area contributed by atoms with Gasteiger partial charge in [-0.3, -0.25) is 0 Å². The quantitative estimate of drug-likeness (QED) is 0.312. The smallest absolute Gasteiger partial charge is 0.0351 e. The van der Waals surface area contributed by atoms with Crippen LogP contribution >= 0.6 is 0 Å². The van der Waals surface area contributed by atoms with Gasteiger partial charge in [-0.05, 0) is 117 Å². The average molecular weight is 527 g/mol. The molecule has 5 rings (SSSR count). The zero-order valence-corrected chi connectivity index (χ0v) is 26.7. The highest BCUT2D eigenvalue weighted by Gasteiger charge is 2.30. The average Bonchev–Trinajstić information content (AvgIpc) is 2.95. The topological polar surface area (TPSA) is 0 Å². The van der Waals surface area contributed by atoms with Crippen LogP contribution in [0.4, 0.5) is 0 Å². The van der Waals surface area contributed by atoms with E-state index in [0.29, 0.717) is 0 Å². The fourth-order valence-electron chi connectivity index (χ4n) is 8.88. The summed E-state index contributed by atoms with van der Waals surface area (Å²) in [4.78, 5) is 0. The van der Waals surface area contributed by atoms with Gasteiger partial charge in [0.15, 0.2) is 0 Å². The molecule has 5 aliphatic carbocycles. The van der Waals surface area contributed by atoms with Crippen molar-refractivity contribution in [3.8, 4) is 0 Å². The largest absolute Gasteiger partial charge is 0.103 e. The zero-order valence-electron chi connectivity index (χ0n) is 26.7. The molecule has 0 N–H and O–H groups in total. The Balaban J connectivity index is 0.000000171. The van der Waals surface area contributed by atoms with E-state index in [9.17, 15) is 0 Å². The third-order valence-electron chi connectivity index (χ3n) is 12.1. The minimum atomic E-state index is 1.01. The molecule has 0 aliphatic heterocycles. The van der Waals surface area contributed by atoms with Crippen LogP contribution in [0.15, 0.2) is 12.7 Å². The first-order chi connectivity index (χ1) is 18.4. The molecule has 5 fully saturated rings. The van der Waals surface area contributed by atoms with Gasteiger partial charge in [-0.25, -0.2) is 0 Å². The van der Waals surface area contributed by atoms with Gasteiger partial charge in [0.05, 0.1) is 0 Å². The lowest BCUT2D eigenvalue weighted by Gasteiger charge is -2.37. The Labute approximate surface area is 241 Å². The van der Waals surface area contributed by atoms with E-state index in [2.05, 4.69) is 40.3 Å². The Hall–Kier alpha value is -0.260. The van der Waals surface area contributed by atoms with Crippen LogP contribution in [-0.2, 0) is 0 Å². The molecular formula is C38H70. The molecule has 0 spiro atoms. The summed E-state index contributed by atoms with van der Waals surface area (Å²) in [5.41, 5.74) is 0. The Bertz CT molecular complexity index is 547. The maximum atomic E-state index is 3.84. The van der Waals surface area contributed by atoms with Crippen LogP contribution in [0.25, 0.3) is 0 Å². The van der Waals surface area contributed by atoms with E-state index in [1.807, 2.05) is 0 Å². The second-order valence-corrected chi connectivity index (χ2v) is 15.4. The van der Waals surface area contributed by atoms with Crippen molar-refractivity contribution < 1.29 is 0 Å². The minimum Gasteiger partial charge on any atom is -0.103 e. The van der Waals surface area contributed by atoms with E-state index in [1.165, 1.54) is 122 Å². The first-order valence-electron chi connectivity index (χ1n) is 18.0. The van der Waals surface area contributed by atoms with Crippen molar-refractivity contribution in [3.05, 3.63) is 12.7 Å². The summed E-state index contributed by atoms with van der Waals surface area (Å²) >= 11 is 0. The Kier molecular flexibility index (Phi) is 15.5. The molecule has 0 saturated heterocycles. The summed E-state index contributed by atoms with van der Waals surface area (Å²) < 4.78 is 0. The minimum absolute atomic E-state index is 1.01. The Morgan fingerprint density at radius 1 is 0.421 bits per heavy atom. The summed E-state index contributed by atoms with van der Waals surface area (Å²) in [7, 11) is 0. The molecule has 0 radical (unpaired) electrons. The molecule has 0 atom stereocenters. The molecule has 0 aromatic rings. The molecule has 5 saturated carbocycles. The molecule has 0 amide bonds. The van der Waals surface area contributed by atoms with Gasteiger partial charge in [0, 0.05) is 0 Å². The molecule has 38 heavy (non-hydrogen) atoms. The van der Waals surface area contributed by atoms with Crippen molar-refractivity contribution in [2.75, 3.05) is 0 Å². The predicted molar refractivity (Wildman–Crippen MR) is 170 cm³/mol. The van der Waals surface area contributed by atoms with E-state index in [-0.39, 0.29) is 0 Å². The highest BCUT2D eigenvalue weighted by molar-refractivity contribution is 4.82. The van der Waals surface area contributed by atoms with E-state index in [4.69, 9.17) is 0 Å². The standard InChI is InChI=1S/C17H30.C14H26.C7H14/c1-3-4-5-15-8-12-17(13-9-15)16-10-6-14(2)7-11-16;1-11-3-7-13(8-4-11)14-9-5-12(2)6-10-14;1-7-5-3-2-4-6-7/h3,14-17H,1,4-13H2,2H3;11-14H,3-10H2,1-2H3;7H,2-6H2,1H3. The van der Waals surface area contributed by atoms with Crippen LogP contribution < -0.4 is 0 Å². The summed E-state index contributed by atoms with van der Waals surface area (Å²) in [5, 5.41) is 0. The van der Waals surface area contributed by atoms with Gasteiger partial charge in [0.2, 0.25) is 0 Å². The maximum absolute atomic E-state index is 3.84. The maximum Gasteiger partial charge on any atom is -0.0351 e. The number of allylic oxidation sites excluding steroid dienone is 1. The molecule has 0 heterocycles. The van der Waals surface area contributed by atoms with Crippen LogP contribution in [0.2, 0.25) is 0 Å². The van der Waals surface area contributed by atoms with Crippen LogP contribution in [0.1, 0.15) is 175 Å². The number of hydrogen-bond acceptors (Lipinski definition) is 0. The molecule has 5 aliphatic rings. The normalized spacial score (nSPS) is 38.6. The summed E-state index contributed by atoms with van der Waals surface area (Å²) in [5.74, 6) is 9.50. The highest BCUT2D eigenvalue weighted by atomic mass is 14.4. The van der Waals surface area contributed by atoms with Crippen molar-refractivity contribution >= 4 is 0 Å². The molecule has 0 nitrogen and oxygen atoms in total. The van der Waals surface area contributed by atoms with Gasteiger partial charge < -0.3 is 0 Å². The Morgan fingerprint density at radius 3 is 1.03 bits per heavy atom. The van der Waals surface area contributed by atoms with Crippen molar-refractivity contribution in [2.45, 2.75) is 175 Å². The van der Waals surface area contributed by atoms with E-state index < -0.39 is 0 Å². The van der Waals surface area contributed by atoms with E-state index in [1.54, 1.807) is 25.7 Å². The monoisotopic (exact) mass is 527 g/mol. The van der Waals surface area contributed by atoms with Crippen molar-refractivity contribution in [1.29, 1.82) is 0 Å². The van der Waals surface area contributed by atoms with Gasteiger partial charge in [-0.1, -0.05) is 117 Å². The zero-order chi connectivity index (χ0) is 27.2. The first kappa shape index (κ1) is 32.3. The van der Waals surface area contributed by atoms with Gasteiger partial charge in [-0.15, -0.1) is 6.58 Å². The molecular weight excluding hydrogens is 456 g/mol. The van der Waals surface area contributed by atoms with Crippen LogP contribution in [0.3, 0.4) is 0 Å². The molecule has 0 heteroatoms. The van der Waals surface area contributed by atoms with Crippen LogP contribution in [0.5, 0.6) is 0 Å². The fourth-order valence-corrected chi connectivity index (χ4v) is 8.88. The van der Waals surface area contributed by atoms with Crippen molar-refractivity contribution in [1.82, 2.24) is 0 Å². The van der Waals surface area contributed by atoms with Crippen molar-refractivity contribution in [2.24, 2.45) is 53.3 Å². The van der Waals surface area contributed by atoms with Crippen molar-refractivity contribution in [3.63, 3.8) is 0 Å². The third kappa shape index (κ3) is 12.1. The van der Waals surface area contributed by atoms with Crippen LogP contribution in [-0.4, -0.2) is 0 Å². The third-order valence-corrected chi connectivity index (χ3v) is 12.1. The molecule has 0 aromatic heterocycles. The second-order valence-electron chi connectivity index (χ2n) is 15.4. The number of rotatable bonds is 5. The van der Waals surface area contributed by atoms with Gasteiger partial charge in [0.25, 0.3) is 0 Å². The van der Waals surface area contributed by atoms with Gasteiger partial charge >= 0.3 is 0 Å². The summed E-state index contributed by atoms with van der Waals surface area (Å²) in [6.45, 7) is 13.5. The van der Waals surface area contributed by atoms with Gasteiger partial charge in [-0.2, -0.15) is 0 Å². The summed E-state index contributed by atoms with van der Waals surface area (Å²) in [6, 6.07) is 0. The lowest BCUT2D eigenvalue weighted by Crippen LogP contribution is -2.25.